The highest BCUT2D eigenvalue weighted by Gasteiger charge is 2.24. The number of amides is 1. The molecule has 0 aromatic heterocycles. The molecule has 0 saturated heterocycles. The van der Waals surface area contributed by atoms with E-state index < -0.39 is 4.92 Å². The second kappa shape index (κ2) is 8.24. The third-order valence-corrected chi connectivity index (χ3v) is 3.26. The van der Waals surface area contributed by atoms with Crippen LogP contribution < -0.4 is 0 Å². The van der Waals surface area contributed by atoms with Crippen molar-refractivity contribution in [3.63, 3.8) is 0 Å². The van der Waals surface area contributed by atoms with Gasteiger partial charge in [0.2, 0.25) is 0 Å². The van der Waals surface area contributed by atoms with Crippen LogP contribution >= 0.6 is 0 Å². The summed E-state index contributed by atoms with van der Waals surface area (Å²) in [7, 11) is 0. The first-order chi connectivity index (χ1) is 10.0. The number of unbranched alkanes of at least 4 members (excludes halogenated alkanes) is 2. The Bertz CT molecular complexity index is 494. The van der Waals surface area contributed by atoms with Gasteiger partial charge in [-0.2, -0.15) is 0 Å². The molecule has 0 bridgehead atoms. The van der Waals surface area contributed by atoms with Gasteiger partial charge in [-0.05, 0) is 25.0 Å². The van der Waals surface area contributed by atoms with Crippen LogP contribution in [0, 0.1) is 10.1 Å². The molecular formula is C15H22N2O4. The fourth-order valence-corrected chi connectivity index (χ4v) is 2.04. The van der Waals surface area contributed by atoms with Gasteiger partial charge in [-0.25, -0.2) is 0 Å². The number of benzene rings is 1. The molecule has 0 spiro atoms. The zero-order chi connectivity index (χ0) is 15.8. The highest BCUT2D eigenvalue weighted by Crippen LogP contribution is 2.25. The van der Waals surface area contributed by atoms with E-state index in [0.717, 1.165) is 25.7 Å². The van der Waals surface area contributed by atoms with Crippen LogP contribution in [0.2, 0.25) is 0 Å². The summed E-state index contributed by atoms with van der Waals surface area (Å²) in [5, 5.41) is 20.6. The number of aromatic hydroxyl groups is 1. The van der Waals surface area contributed by atoms with Gasteiger partial charge in [-0.15, -0.1) is 0 Å². The van der Waals surface area contributed by atoms with E-state index in [-0.39, 0.29) is 22.9 Å². The lowest BCUT2D eigenvalue weighted by atomic mass is 10.1. The Morgan fingerprint density at radius 1 is 1.24 bits per heavy atom. The van der Waals surface area contributed by atoms with Crippen LogP contribution in [0.1, 0.15) is 49.9 Å². The van der Waals surface area contributed by atoms with Crippen molar-refractivity contribution in [2.24, 2.45) is 0 Å². The zero-order valence-electron chi connectivity index (χ0n) is 12.5. The molecule has 0 aliphatic carbocycles. The second-order valence-corrected chi connectivity index (χ2v) is 4.96. The summed E-state index contributed by atoms with van der Waals surface area (Å²) in [6, 6.07) is 3.56. The maximum Gasteiger partial charge on any atom is 0.282 e. The van der Waals surface area contributed by atoms with Crippen LogP contribution in [-0.2, 0) is 0 Å². The lowest BCUT2D eigenvalue weighted by Crippen LogP contribution is -2.33. The highest BCUT2D eigenvalue weighted by atomic mass is 16.6. The van der Waals surface area contributed by atoms with Crippen LogP contribution in [-0.4, -0.2) is 33.9 Å². The molecule has 0 aliphatic rings. The zero-order valence-corrected chi connectivity index (χ0v) is 12.5. The summed E-state index contributed by atoms with van der Waals surface area (Å²) in [5.74, 6) is -0.533. The van der Waals surface area contributed by atoms with E-state index in [1.807, 2.05) is 13.8 Å². The third kappa shape index (κ3) is 4.73. The predicted octanol–water partition coefficient (Wildman–Crippen LogP) is 3.34. The Morgan fingerprint density at radius 2 is 1.81 bits per heavy atom. The van der Waals surface area contributed by atoms with Crippen LogP contribution in [0.5, 0.6) is 5.75 Å². The standard InChI is InChI=1S/C15H22N2O4/c1-3-5-9-16(10-6-4-2)15(19)13-11-12(18)7-8-14(13)17(20)21/h7-8,11,18H,3-6,9-10H2,1-2H3. The van der Waals surface area contributed by atoms with Gasteiger partial charge >= 0.3 is 0 Å². The lowest BCUT2D eigenvalue weighted by Gasteiger charge is -2.22. The van der Waals surface area contributed by atoms with Crippen molar-refractivity contribution in [3.8, 4) is 5.75 Å². The lowest BCUT2D eigenvalue weighted by molar-refractivity contribution is -0.385. The number of hydrogen-bond donors (Lipinski definition) is 1. The number of nitro groups is 1. The summed E-state index contributed by atoms with van der Waals surface area (Å²) in [5.41, 5.74) is -0.317. The number of phenols is 1. The average Bonchev–Trinajstić information content (AvgIpc) is 2.46. The molecule has 1 rings (SSSR count). The van der Waals surface area contributed by atoms with Crippen molar-refractivity contribution in [2.45, 2.75) is 39.5 Å². The molecule has 0 aliphatic heterocycles. The van der Waals surface area contributed by atoms with E-state index in [0.29, 0.717) is 13.1 Å². The number of carbonyl (C=O) groups excluding carboxylic acids is 1. The molecule has 0 atom stereocenters. The third-order valence-electron chi connectivity index (χ3n) is 3.26. The first kappa shape index (κ1) is 16.9. The molecule has 1 aromatic carbocycles. The quantitative estimate of drug-likeness (QED) is 0.588. The van der Waals surface area contributed by atoms with Gasteiger partial charge in [0.15, 0.2) is 0 Å². The minimum Gasteiger partial charge on any atom is -0.508 e. The monoisotopic (exact) mass is 294 g/mol. The molecule has 6 nitrogen and oxygen atoms in total. The number of rotatable bonds is 8. The summed E-state index contributed by atoms with van der Waals surface area (Å²) < 4.78 is 0. The van der Waals surface area contributed by atoms with Gasteiger partial charge in [0.05, 0.1) is 4.92 Å². The Kier molecular flexibility index (Phi) is 6.65. The van der Waals surface area contributed by atoms with Crippen molar-refractivity contribution >= 4 is 11.6 Å². The fraction of sp³-hybridized carbons (Fsp3) is 0.533. The average molecular weight is 294 g/mol. The van der Waals surface area contributed by atoms with Crippen LogP contribution in [0.15, 0.2) is 18.2 Å². The molecule has 0 saturated carbocycles. The van der Waals surface area contributed by atoms with Gasteiger partial charge in [0.25, 0.3) is 11.6 Å². The molecule has 0 fully saturated rings. The van der Waals surface area contributed by atoms with Crippen molar-refractivity contribution in [3.05, 3.63) is 33.9 Å². The highest BCUT2D eigenvalue weighted by molar-refractivity contribution is 5.98. The molecule has 1 aromatic rings. The number of phenolic OH excluding ortho intramolecular Hbond substituents is 1. The fourth-order valence-electron chi connectivity index (χ4n) is 2.04. The summed E-state index contributed by atoms with van der Waals surface area (Å²) in [6.45, 7) is 5.20. The van der Waals surface area contributed by atoms with E-state index >= 15 is 0 Å². The summed E-state index contributed by atoms with van der Waals surface area (Å²) in [4.78, 5) is 24.6. The Labute approximate surface area is 124 Å². The predicted molar refractivity (Wildman–Crippen MR) is 80.5 cm³/mol. The van der Waals surface area contributed by atoms with E-state index in [1.54, 1.807) is 4.90 Å². The molecule has 0 unspecified atom stereocenters. The van der Waals surface area contributed by atoms with E-state index in [1.165, 1.54) is 18.2 Å². The molecule has 0 heterocycles. The van der Waals surface area contributed by atoms with Crippen molar-refractivity contribution in [1.82, 2.24) is 4.90 Å². The number of hydrogen-bond acceptors (Lipinski definition) is 4. The molecule has 116 valence electrons. The van der Waals surface area contributed by atoms with Crippen molar-refractivity contribution in [2.75, 3.05) is 13.1 Å². The van der Waals surface area contributed by atoms with Crippen LogP contribution in [0.3, 0.4) is 0 Å². The SMILES string of the molecule is CCCCN(CCCC)C(=O)c1cc(O)ccc1[N+](=O)[O-]. The van der Waals surface area contributed by atoms with Crippen molar-refractivity contribution < 1.29 is 14.8 Å². The summed E-state index contributed by atoms with van der Waals surface area (Å²) >= 11 is 0. The molecular weight excluding hydrogens is 272 g/mol. The maximum absolute atomic E-state index is 12.5. The van der Waals surface area contributed by atoms with Crippen molar-refractivity contribution in [1.29, 1.82) is 0 Å². The topological polar surface area (TPSA) is 83.7 Å². The normalized spacial score (nSPS) is 10.4. The van der Waals surface area contributed by atoms with Gasteiger partial charge in [0, 0.05) is 19.2 Å². The first-order valence-electron chi connectivity index (χ1n) is 7.27. The number of carbonyl (C=O) groups is 1. The van der Waals surface area contributed by atoms with E-state index in [9.17, 15) is 20.0 Å². The number of nitro benzene ring substituents is 1. The Balaban J connectivity index is 3.06. The van der Waals surface area contributed by atoms with E-state index in [2.05, 4.69) is 0 Å². The van der Waals surface area contributed by atoms with Gasteiger partial charge in [-0.3, -0.25) is 14.9 Å². The number of nitrogens with zero attached hydrogens (tertiary/aromatic N) is 2. The van der Waals surface area contributed by atoms with Gasteiger partial charge in [-0.1, -0.05) is 26.7 Å². The van der Waals surface area contributed by atoms with Crippen LogP contribution in [0.4, 0.5) is 5.69 Å². The largest absolute Gasteiger partial charge is 0.508 e. The van der Waals surface area contributed by atoms with E-state index in [4.69, 9.17) is 0 Å². The minimum atomic E-state index is -0.593. The molecule has 1 amide bonds. The second-order valence-electron chi connectivity index (χ2n) is 4.96. The van der Waals surface area contributed by atoms with Gasteiger partial charge in [0.1, 0.15) is 11.3 Å². The Hall–Kier alpha value is -2.11. The first-order valence-corrected chi connectivity index (χ1v) is 7.27. The smallest absolute Gasteiger partial charge is 0.282 e. The molecule has 21 heavy (non-hydrogen) atoms. The van der Waals surface area contributed by atoms with Gasteiger partial charge < -0.3 is 10.0 Å². The summed E-state index contributed by atoms with van der Waals surface area (Å²) in [6.07, 6.45) is 3.58. The molecule has 1 N–H and O–H groups in total. The molecule has 6 heteroatoms. The molecule has 0 radical (unpaired) electrons. The minimum absolute atomic E-state index is 0.0489. The Morgan fingerprint density at radius 3 is 2.29 bits per heavy atom. The van der Waals surface area contributed by atoms with Crippen LogP contribution in [0.25, 0.3) is 0 Å². The maximum atomic E-state index is 12.5.